The first-order chi connectivity index (χ1) is 15.2. The standard InChI is InChI=1S/3C7H7.2C2H3BrO2.Bi/c3*1-7-5-3-2-4-6-7;2*3-1-2(4)5;/h3*3-6H,1H3;2*1H2,(H,4,5);. The van der Waals surface area contributed by atoms with Gasteiger partial charge in [-0.15, -0.1) is 0 Å². The minimum absolute atomic E-state index is 0.0347. The number of aryl methyl sites for hydroxylation is 3. The van der Waals surface area contributed by atoms with Crippen LogP contribution in [0.2, 0.25) is 0 Å². The summed E-state index contributed by atoms with van der Waals surface area (Å²) in [5, 5.41) is 15.4. The van der Waals surface area contributed by atoms with Crippen LogP contribution in [0.25, 0.3) is 0 Å². The quantitative estimate of drug-likeness (QED) is 0.305. The molecule has 0 radical (unpaired) electrons. The Morgan fingerprint density at radius 3 is 0.938 bits per heavy atom. The van der Waals surface area contributed by atoms with Crippen LogP contribution in [0.1, 0.15) is 16.7 Å². The van der Waals surface area contributed by atoms with Crippen LogP contribution in [0.15, 0.2) is 72.8 Å². The van der Waals surface area contributed by atoms with Crippen LogP contribution in [-0.2, 0) is 9.59 Å². The van der Waals surface area contributed by atoms with Gasteiger partial charge in [-0.3, -0.25) is 9.59 Å². The Morgan fingerprint density at radius 1 is 0.594 bits per heavy atom. The molecule has 0 bridgehead atoms. The van der Waals surface area contributed by atoms with Gasteiger partial charge in [-0.2, -0.15) is 0 Å². The van der Waals surface area contributed by atoms with E-state index in [4.69, 9.17) is 10.2 Å². The van der Waals surface area contributed by atoms with Gasteiger partial charge in [0.25, 0.3) is 0 Å². The predicted octanol–water partition coefficient (Wildman–Crippen LogP) is 4.06. The van der Waals surface area contributed by atoms with Gasteiger partial charge in [0, 0.05) is 0 Å². The number of rotatable bonds is 5. The number of carbonyl (C=O) groups is 2. The Balaban J connectivity index is 0.000000431. The number of alkyl halides is 2. The topological polar surface area (TPSA) is 74.6 Å². The summed E-state index contributed by atoms with van der Waals surface area (Å²) >= 11 is 3.28. The minimum Gasteiger partial charge on any atom is -0.481 e. The van der Waals surface area contributed by atoms with Crippen LogP contribution in [0.4, 0.5) is 0 Å². The van der Waals surface area contributed by atoms with E-state index in [0.29, 0.717) is 0 Å². The third-order valence-electron chi connectivity index (χ3n) is 4.11. The van der Waals surface area contributed by atoms with E-state index in [1.54, 1.807) is 9.81 Å². The third kappa shape index (κ3) is 10.8. The zero-order chi connectivity index (χ0) is 24.1. The van der Waals surface area contributed by atoms with Crippen molar-refractivity contribution in [1.29, 1.82) is 0 Å². The largest absolute Gasteiger partial charge is 0.481 e. The Hall–Kier alpha value is -1.56. The molecule has 0 atom stereocenters. The van der Waals surface area contributed by atoms with Gasteiger partial charge in [0.1, 0.15) is 10.7 Å². The number of hydrogen-bond donors (Lipinski definition) is 2. The van der Waals surface area contributed by atoms with Crippen molar-refractivity contribution in [2.45, 2.75) is 20.8 Å². The Morgan fingerprint density at radius 2 is 0.781 bits per heavy atom. The molecule has 3 aromatic carbocycles. The second-order valence-corrected chi connectivity index (χ2v) is 16.6. The number of carboxylic acids is 2. The summed E-state index contributed by atoms with van der Waals surface area (Å²) < 4.78 is 4.65. The summed E-state index contributed by atoms with van der Waals surface area (Å²) in [6.45, 7) is 6.47. The fraction of sp³-hybridized carbons (Fsp3) is 0.200. The molecule has 32 heavy (non-hydrogen) atoms. The van der Waals surface area contributed by atoms with Crippen molar-refractivity contribution in [3.63, 3.8) is 0 Å². The minimum atomic E-state index is -2.15. The molecule has 0 saturated carbocycles. The Bertz CT molecular complexity index is 850. The van der Waals surface area contributed by atoms with Crippen LogP contribution in [0.5, 0.6) is 0 Å². The third-order valence-corrected chi connectivity index (χ3v) is 14.6. The number of benzene rings is 3. The van der Waals surface area contributed by atoms with E-state index in [2.05, 4.69) is 125 Å². The van der Waals surface area contributed by atoms with E-state index in [1.165, 1.54) is 16.7 Å². The summed E-state index contributed by atoms with van der Waals surface area (Å²) in [7, 11) is 0. The SMILES string of the molecule is Cc1cc[c]([Bi]([c]2ccc(C)cc2)[c]2ccc(C)cc2)cc1.O=C(O)CBr.O=C(O)CBr. The van der Waals surface area contributed by atoms with Crippen LogP contribution in [0.3, 0.4) is 0 Å². The van der Waals surface area contributed by atoms with Gasteiger partial charge < -0.3 is 10.2 Å². The summed E-state index contributed by atoms with van der Waals surface area (Å²) in [5.41, 5.74) is 4.00. The maximum Gasteiger partial charge on any atom is 0.314 e. The summed E-state index contributed by atoms with van der Waals surface area (Å²) in [4.78, 5) is 18.6. The molecule has 0 aliphatic heterocycles. The summed E-state index contributed by atoms with van der Waals surface area (Å²) in [5.74, 6) is -1.66. The zero-order valence-corrected chi connectivity index (χ0v) is 24.9. The maximum absolute atomic E-state index is 9.32. The van der Waals surface area contributed by atoms with Crippen LogP contribution >= 0.6 is 31.9 Å². The van der Waals surface area contributed by atoms with Crippen molar-refractivity contribution in [2.75, 3.05) is 10.7 Å². The van der Waals surface area contributed by atoms with Crippen molar-refractivity contribution in [1.82, 2.24) is 0 Å². The molecule has 7 heteroatoms. The van der Waals surface area contributed by atoms with E-state index >= 15 is 0 Å². The molecule has 0 heterocycles. The number of halogens is 2. The molecule has 3 aromatic rings. The molecule has 4 nitrogen and oxygen atoms in total. The molecule has 0 spiro atoms. The second kappa shape index (κ2) is 15.3. The van der Waals surface area contributed by atoms with Crippen LogP contribution in [-0.4, -0.2) is 54.6 Å². The van der Waals surface area contributed by atoms with Gasteiger partial charge >= 0.3 is 154 Å². The molecule has 0 saturated heterocycles. The van der Waals surface area contributed by atoms with Gasteiger partial charge in [-0.25, -0.2) is 0 Å². The zero-order valence-electron chi connectivity index (χ0n) is 18.3. The van der Waals surface area contributed by atoms with Gasteiger partial charge in [0.05, 0.1) is 0 Å². The maximum atomic E-state index is 9.32. The van der Waals surface area contributed by atoms with E-state index in [-0.39, 0.29) is 10.7 Å². The predicted molar refractivity (Wildman–Crippen MR) is 141 cm³/mol. The average Bonchev–Trinajstić information content (AvgIpc) is 2.78. The molecule has 2 N–H and O–H groups in total. The van der Waals surface area contributed by atoms with Gasteiger partial charge in [-0.05, 0) is 0 Å². The Kier molecular flexibility index (Phi) is 13.6. The average molecular weight is 760 g/mol. The first-order valence-electron chi connectivity index (χ1n) is 9.73. The molecule has 0 fully saturated rings. The molecule has 170 valence electrons. The first-order valence-corrected chi connectivity index (χ1v) is 17.2. The van der Waals surface area contributed by atoms with Crippen molar-refractivity contribution in [3.05, 3.63) is 89.5 Å². The number of aliphatic carboxylic acids is 2. The number of hydrogen-bond acceptors (Lipinski definition) is 2. The van der Waals surface area contributed by atoms with Crippen molar-refractivity contribution in [3.8, 4) is 0 Å². The molecular formula is C25H27BiBr2O4. The Labute approximate surface area is 214 Å². The molecule has 3 rings (SSSR count). The van der Waals surface area contributed by atoms with Gasteiger partial charge in [0.15, 0.2) is 0 Å². The van der Waals surface area contributed by atoms with E-state index < -0.39 is 33.7 Å². The van der Waals surface area contributed by atoms with Crippen LogP contribution in [0, 0.1) is 20.8 Å². The van der Waals surface area contributed by atoms with Crippen molar-refractivity contribution in [2.24, 2.45) is 0 Å². The fourth-order valence-corrected chi connectivity index (χ4v) is 11.2. The van der Waals surface area contributed by atoms with Crippen LogP contribution < -0.4 is 9.81 Å². The molecule has 0 aliphatic rings. The monoisotopic (exact) mass is 758 g/mol. The summed E-state index contributed by atoms with van der Waals surface area (Å²) in [6.07, 6.45) is 0. The molecule has 0 amide bonds. The molecule has 0 aromatic heterocycles. The van der Waals surface area contributed by atoms with Gasteiger partial charge in [0.2, 0.25) is 0 Å². The van der Waals surface area contributed by atoms with E-state index in [1.807, 2.05) is 0 Å². The van der Waals surface area contributed by atoms with Gasteiger partial charge in [-0.1, -0.05) is 31.9 Å². The fourth-order valence-electron chi connectivity index (χ4n) is 2.53. The van der Waals surface area contributed by atoms with Crippen molar-refractivity contribution < 1.29 is 19.8 Å². The summed E-state index contributed by atoms with van der Waals surface area (Å²) in [6, 6.07) is 27.5. The molecule has 0 unspecified atom stereocenters. The first kappa shape index (κ1) is 28.5. The normalized spacial score (nSPS) is 9.81. The number of carboxylic acid groups (broad SMARTS) is 2. The molecule has 0 aliphatic carbocycles. The van der Waals surface area contributed by atoms with Crippen molar-refractivity contribution >= 4 is 75.4 Å². The van der Waals surface area contributed by atoms with E-state index in [9.17, 15) is 9.59 Å². The second-order valence-electron chi connectivity index (χ2n) is 6.90. The molecular weight excluding hydrogens is 733 g/mol. The smallest absolute Gasteiger partial charge is 0.314 e. The van der Waals surface area contributed by atoms with E-state index in [0.717, 1.165) is 0 Å².